The van der Waals surface area contributed by atoms with Crippen LogP contribution < -0.4 is 9.47 Å². The Kier molecular flexibility index (Phi) is 20.3. The molecule has 0 saturated carbocycles. The number of ether oxygens (including phenoxy) is 4. The highest BCUT2D eigenvalue weighted by Crippen LogP contribution is 2.65. The third-order valence-electron chi connectivity index (χ3n) is 16.0. The normalized spacial score (nSPS) is 14.1. The minimum absolute atomic E-state index is 0.0629. The van der Waals surface area contributed by atoms with Crippen LogP contribution in [-0.4, -0.2) is 38.4 Å². The molecule has 13 nitrogen and oxygen atoms in total. The Morgan fingerprint density at radius 3 is 1.39 bits per heavy atom. The molecule has 5 rings (SSSR count). The lowest BCUT2D eigenvalue weighted by Gasteiger charge is -2.60. The van der Waals surface area contributed by atoms with Crippen LogP contribution in [0.2, 0.25) is 0 Å². The average Bonchev–Trinajstić information content (AvgIpc) is 3.40. The van der Waals surface area contributed by atoms with Crippen molar-refractivity contribution in [2.75, 3.05) is 26.4 Å². The summed E-state index contributed by atoms with van der Waals surface area (Å²) in [5, 5.41) is 35.0. The molecule has 0 N–H and O–H groups in total. The van der Waals surface area contributed by atoms with Gasteiger partial charge >= 0.3 is 11.9 Å². The number of carbonyl (C=O) groups is 2. The lowest BCUT2D eigenvalue weighted by molar-refractivity contribution is -0.190. The van der Waals surface area contributed by atoms with Crippen molar-refractivity contribution in [3.8, 4) is 17.6 Å². The van der Waals surface area contributed by atoms with E-state index in [0.717, 1.165) is 24.1 Å². The largest absolute Gasteiger partial charge is 0.490 e. The number of nitriles is 1. The van der Waals surface area contributed by atoms with Crippen LogP contribution >= 0.6 is 0 Å². The summed E-state index contributed by atoms with van der Waals surface area (Å²) < 4.78 is 24.6. The Bertz CT molecular complexity index is 2780. The van der Waals surface area contributed by atoms with Crippen LogP contribution in [0.3, 0.4) is 0 Å². The Hall–Kier alpha value is -7.07. The third-order valence-corrected chi connectivity index (χ3v) is 16.0. The van der Waals surface area contributed by atoms with E-state index in [9.17, 15) is 4.79 Å². The molecule has 75 heavy (non-hydrogen) atoms. The fourth-order valence-electron chi connectivity index (χ4n) is 10.7. The molecular weight excluding hydrogens is 939 g/mol. The number of benzene rings is 5. The zero-order valence-corrected chi connectivity index (χ0v) is 46.7. The van der Waals surface area contributed by atoms with Crippen LogP contribution in [0, 0.1) is 50.7 Å². The average molecular weight is 1020 g/mol. The summed E-state index contributed by atoms with van der Waals surface area (Å²) in [6.07, 6.45) is 4.05. The molecule has 0 fully saturated rings. The summed E-state index contributed by atoms with van der Waals surface area (Å²) in [5.41, 5.74) is 1.89. The molecule has 0 aliphatic carbocycles. The van der Waals surface area contributed by atoms with E-state index in [-0.39, 0.29) is 43.8 Å². The first-order chi connectivity index (χ1) is 35.6. The van der Waals surface area contributed by atoms with Gasteiger partial charge in [0.2, 0.25) is 0 Å². The zero-order chi connectivity index (χ0) is 54.9. The van der Waals surface area contributed by atoms with E-state index >= 15 is 4.79 Å². The molecule has 0 saturated heterocycles. The topological polar surface area (TPSA) is 169 Å². The smallest absolute Gasteiger partial charge is 0.312 e. The molecule has 0 aliphatic heterocycles. The molecule has 13 heteroatoms. The van der Waals surface area contributed by atoms with Crippen LogP contribution in [0.4, 0.5) is 34.1 Å². The van der Waals surface area contributed by atoms with Crippen molar-refractivity contribution < 1.29 is 28.5 Å². The molecule has 0 amide bonds. The maximum absolute atomic E-state index is 15.0. The summed E-state index contributed by atoms with van der Waals surface area (Å²) in [4.78, 5) is 29.7. The van der Waals surface area contributed by atoms with Gasteiger partial charge in [-0.25, -0.2) is 0 Å². The number of hydrogen-bond donors (Lipinski definition) is 0. The number of nitrogens with zero attached hydrogens (tertiary/aromatic N) is 7. The predicted molar refractivity (Wildman–Crippen MR) is 297 cm³/mol. The molecule has 0 aromatic heterocycles. The maximum Gasteiger partial charge on any atom is 0.312 e. The molecule has 0 aliphatic rings. The fraction of sp³-hybridized carbons (Fsp3) is 0.468. The van der Waals surface area contributed by atoms with Crippen molar-refractivity contribution in [2.24, 2.45) is 63.2 Å². The number of hydrogen-bond acceptors (Lipinski definition) is 13. The standard InChI is InChI=1S/C62H79N7O6/c1-14-57(6,7)43-61(13,56(71)75-40-38-73-54-36-33-52(41-45(54)5)69-68-50-29-27-49(28-30-50)66-64-47-21-19-18-20-22-47)62(16-3,17-4)59(10,11)44-60(12,58(8,9)15-2)55(70)74-39-37-72-53-34-31-51(32-35-53)67-65-48-25-23-46(42-63)24-26-48/h18-36,41H,14-17,37-40,43-44H2,1-13H3/b66-64+,67-65+,69-68+. The van der Waals surface area contributed by atoms with E-state index in [4.69, 9.17) is 24.2 Å². The highest BCUT2D eigenvalue weighted by Gasteiger charge is 2.63. The van der Waals surface area contributed by atoms with Gasteiger partial charge in [-0.2, -0.15) is 35.9 Å². The number of carbonyl (C=O) groups excluding carboxylic acids is 2. The van der Waals surface area contributed by atoms with Crippen LogP contribution in [0.1, 0.15) is 133 Å². The first kappa shape index (κ1) is 58.8. The highest BCUT2D eigenvalue weighted by molar-refractivity contribution is 5.79. The van der Waals surface area contributed by atoms with Gasteiger partial charge in [0, 0.05) is 0 Å². The fourth-order valence-corrected chi connectivity index (χ4v) is 10.7. The van der Waals surface area contributed by atoms with E-state index in [1.807, 2.05) is 86.6 Å². The maximum atomic E-state index is 15.0. The summed E-state index contributed by atoms with van der Waals surface area (Å²) in [6.45, 7) is 28.3. The lowest BCUT2D eigenvalue weighted by atomic mass is 9.43. The second-order valence-electron chi connectivity index (χ2n) is 22.0. The minimum atomic E-state index is -0.940. The van der Waals surface area contributed by atoms with Gasteiger partial charge in [0.15, 0.2) is 0 Å². The zero-order valence-electron chi connectivity index (χ0n) is 46.7. The molecular formula is C62H79N7O6. The molecule has 0 heterocycles. The van der Waals surface area contributed by atoms with Crippen molar-refractivity contribution in [1.29, 1.82) is 5.26 Å². The molecule has 0 radical (unpaired) electrons. The van der Waals surface area contributed by atoms with E-state index < -0.39 is 27.1 Å². The van der Waals surface area contributed by atoms with E-state index in [1.165, 1.54) is 0 Å². The predicted octanol–water partition coefficient (Wildman–Crippen LogP) is 18.2. The molecule has 398 valence electrons. The Morgan fingerprint density at radius 2 is 0.920 bits per heavy atom. The van der Waals surface area contributed by atoms with Gasteiger partial charge in [-0.05, 0) is 183 Å². The van der Waals surface area contributed by atoms with E-state index in [0.29, 0.717) is 71.2 Å². The summed E-state index contributed by atoms with van der Waals surface area (Å²) in [7, 11) is 0. The van der Waals surface area contributed by atoms with Gasteiger partial charge in [-0.15, -0.1) is 0 Å². The monoisotopic (exact) mass is 1020 g/mol. The second kappa shape index (κ2) is 25.9. The number of esters is 2. The first-order valence-corrected chi connectivity index (χ1v) is 26.3. The van der Waals surface area contributed by atoms with Gasteiger partial charge in [0.05, 0.1) is 56.6 Å². The van der Waals surface area contributed by atoms with Gasteiger partial charge in [-0.3, -0.25) is 9.59 Å². The number of azo groups is 3. The van der Waals surface area contributed by atoms with Crippen LogP contribution in [0.5, 0.6) is 11.5 Å². The minimum Gasteiger partial charge on any atom is -0.490 e. The molecule has 2 atom stereocenters. The first-order valence-electron chi connectivity index (χ1n) is 26.3. The quantitative estimate of drug-likeness (QED) is 0.0286. The molecule has 0 spiro atoms. The van der Waals surface area contributed by atoms with Crippen molar-refractivity contribution in [1.82, 2.24) is 0 Å². The van der Waals surface area contributed by atoms with Crippen LogP contribution in [0.25, 0.3) is 0 Å². The molecule has 5 aromatic carbocycles. The van der Waals surface area contributed by atoms with Gasteiger partial charge in [-0.1, -0.05) is 93.9 Å². The van der Waals surface area contributed by atoms with Crippen molar-refractivity contribution >= 4 is 46.1 Å². The summed E-state index contributed by atoms with van der Waals surface area (Å²) in [6, 6.07) is 38.7. The molecule has 0 bridgehead atoms. The lowest BCUT2D eigenvalue weighted by Crippen LogP contribution is -2.58. The van der Waals surface area contributed by atoms with Crippen molar-refractivity contribution in [3.63, 3.8) is 0 Å². The second-order valence-corrected chi connectivity index (χ2v) is 22.0. The Morgan fingerprint density at radius 1 is 0.480 bits per heavy atom. The number of rotatable bonds is 27. The van der Waals surface area contributed by atoms with Crippen molar-refractivity contribution in [2.45, 2.75) is 129 Å². The van der Waals surface area contributed by atoms with Gasteiger partial charge in [0.25, 0.3) is 0 Å². The Balaban J connectivity index is 1.24. The van der Waals surface area contributed by atoms with Gasteiger partial charge in [0.1, 0.15) is 37.9 Å². The van der Waals surface area contributed by atoms with Gasteiger partial charge < -0.3 is 18.9 Å². The third kappa shape index (κ3) is 14.8. The van der Waals surface area contributed by atoms with Crippen LogP contribution in [-0.2, 0) is 19.1 Å². The number of aryl methyl sites for hydroxylation is 1. The SMILES string of the molecule is CCC(C)(C)CC(C)(C(=O)OCCOc1ccc(/N=N/c2ccc(/N=N/c3ccccc3)cc2)cc1C)C(CC)(CC)C(C)(C)CC(C)(C(=O)OCCOc1ccc(/N=N/c2ccc(C#N)cc2)cc1)C(C)(C)CC. The molecule has 2 unspecified atom stereocenters. The van der Waals surface area contributed by atoms with E-state index in [2.05, 4.69) is 113 Å². The van der Waals surface area contributed by atoms with Crippen molar-refractivity contribution in [3.05, 3.63) is 132 Å². The van der Waals surface area contributed by atoms with Crippen LogP contribution in [0.15, 0.2) is 152 Å². The summed E-state index contributed by atoms with van der Waals surface area (Å²) >= 11 is 0. The summed E-state index contributed by atoms with van der Waals surface area (Å²) in [5.74, 6) is 0.719. The molecule has 5 aromatic rings. The van der Waals surface area contributed by atoms with E-state index in [1.54, 1.807) is 48.5 Å². The highest BCUT2D eigenvalue weighted by atomic mass is 16.6. The Labute approximate surface area is 446 Å².